The molecule has 0 aromatic rings. The Balaban J connectivity index is 2.09. The second-order valence-electron chi connectivity index (χ2n) is 5.98. The maximum Gasteiger partial charge on any atom is 0.222 e. The van der Waals surface area contributed by atoms with Crippen molar-refractivity contribution in [2.24, 2.45) is 5.73 Å². The molecular weight excluding hydrogens is 252 g/mol. The molecule has 0 spiro atoms. The third-order valence-electron chi connectivity index (χ3n) is 3.93. The van der Waals surface area contributed by atoms with Gasteiger partial charge in [-0.25, -0.2) is 0 Å². The molecule has 0 aliphatic carbocycles. The van der Waals surface area contributed by atoms with E-state index in [1.807, 2.05) is 4.90 Å². The largest absolute Gasteiger partial charge is 0.340 e. The van der Waals surface area contributed by atoms with E-state index in [1.54, 1.807) is 0 Å². The SMILES string of the molecule is CN(C)CCN1CCN(C(=O)CCCCCCN)CC1. The van der Waals surface area contributed by atoms with Crippen LogP contribution in [0.25, 0.3) is 0 Å². The van der Waals surface area contributed by atoms with Gasteiger partial charge in [-0.2, -0.15) is 0 Å². The molecular formula is C15H32N4O. The van der Waals surface area contributed by atoms with E-state index in [4.69, 9.17) is 5.73 Å². The monoisotopic (exact) mass is 284 g/mol. The summed E-state index contributed by atoms with van der Waals surface area (Å²) in [6.45, 7) is 6.80. The quantitative estimate of drug-likeness (QED) is 0.630. The fourth-order valence-electron chi connectivity index (χ4n) is 2.49. The van der Waals surface area contributed by atoms with E-state index >= 15 is 0 Å². The Hall–Kier alpha value is -0.650. The normalized spacial score (nSPS) is 16.9. The Labute approximate surface area is 124 Å². The standard InChI is InChI=1S/C15H32N4O/c1-17(2)9-10-18-11-13-19(14-12-18)15(20)7-5-3-4-6-8-16/h3-14,16H2,1-2H3. The molecule has 5 heteroatoms. The summed E-state index contributed by atoms with van der Waals surface area (Å²) < 4.78 is 0. The third-order valence-corrected chi connectivity index (χ3v) is 3.93. The van der Waals surface area contributed by atoms with Crippen LogP contribution in [-0.2, 0) is 4.79 Å². The first-order valence-corrected chi connectivity index (χ1v) is 7.98. The maximum absolute atomic E-state index is 12.1. The van der Waals surface area contributed by atoms with Gasteiger partial charge in [0.2, 0.25) is 5.91 Å². The molecule has 1 amide bonds. The molecule has 0 bridgehead atoms. The summed E-state index contributed by atoms with van der Waals surface area (Å²) in [6.07, 6.45) is 5.09. The zero-order chi connectivity index (χ0) is 14.8. The van der Waals surface area contributed by atoms with Crippen molar-refractivity contribution >= 4 is 5.91 Å². The van der Waals surface area contributed by atoms with E-state index in [2.05, 4.69) is 23.9 Å². The summed E-state index contributed by atoms with van der Waals surface area (Å²) in [5.74, 6) is 0.338. The molecule has 0 saturated carbocycles. The van der Waals surface area contributed by atoms with Crippen molar-refractivity contribution in [3.63, 3.8) is 0 Å². The van der Waals surface area contributed by atoms with Crippen molar-refractivity contribution in [2.45, 2.75) is 32.1 Å². The number of nitrogens with two attached hydrogens (primary N) is 1. The highest BCUT2D eigenvalue weighted by atomic mass is 16.2. The Morgan fingerprint density at radius 2 is 1.70 bits per heavy atom. The first-order chi connectivity index (χ1) is 9.63. The summed E-state index contributed by atoms with van der Waals surface area (Å²) in [6, 6.07) is 0. The zero-order valence-corrected chi connectivity index (χ0v) is 13.3. The number of unbranched alkanes of at least 4 members (excludes halogenated alkanes) is 3. The second kappa shape index (κ2) is 10.1. The Morgan fingerprint density at radius 3 is 2.30 bits per heavy atom. The second-order valence-corrected chi connectivity index (χ2v) is 5.98. The molecule has 1 aliphatic rings. The first-order valence-electron chi connectivity index (χ1n) is 7.98. The van der Waals surface area contributed by atoms with Crippen molar-refractivity contribution in [3.05, 3.63) is 0 Å². The molecule has 118 valence electrons. The minimum atomic E-state index is 0.338. The van der Waals surface area contributed by atoms with Crippen LogP contribution >= 0.6 is 0 Å². The van der Waals surface area contributed by atoms with Gasteiger partial charge in [-0.05, 0) is 33.5 Å². The number of carbonyl (C=O) groups is 1. The molecule has 0 radical (unpaired) electrons. The zero-order valence-electron chi connectivity index (χ0n) is 13.3. The lowest BCUT2D eigenvalue weighted by Gasteiger charge is -2.35. The number of rotatable bonds is 9. The fraction of sp³-hybridized carbons (Fsp3) is 0.933. The van der Waals surface area contributed by atoms with Crippen molar-refractivity contribution in [1.29, 1.82) is 0 Å². The lowest BCUT2D eigenvalue weighted by atomic mass is 10.1. The minimum absolute atomic E-state index is 0.338. The Morgan fingerprint density at radius 1 is 1.05 bits per heavy atom. The lowest BCUT2D eigenvalue weighted by Crippen LogP contribution is -2.49. The maximum atomic E-state index is 12.1. The van der Waals surface area contributed by atoms with Crippen molar-refractivity contribution in [3.8, 4) is 0 Å². The Bertz CT molecular complexity index is 263. The highest BCUT2D eigenvalue weighted by molar-refractivity contribution is 5.76. The highest BCUT2D eigenvalue weighted by Crippen LogP contribution is 2.08. The topological polar surface area (TPSA) is 52.8 Å². The van der Waals surface area contributed by atoms with Gasteiger partial charge in [0.05, 0.1) is 0 Å². The van der Waals surface area contributed by atoms with Crippen LogP contribution in [0.2, 0.25) is 0 Å². The first kappa shape index (κ1) is 17.4. The summed E-state index contributed by atoms with van der Waals surface area (Å²) in [4.78, 5) is 18.8. The number of carbonyl (C=O) groups excluding carboxylic acids is 1. The van der Waals surface area contributed by atoms with E-state index in [0.29, 0.717) is 12.3 Å². The summed E-state index contributed by atoms with van der Waals surface area (Å²) in [5.41, 5.74) is 5.46. The van der Waals surface area contributed by atoms with Gasteiger partial charge < -0.3 is 15.5 Å². The van der Waals surface area contributed by atoms with Gasteiger partial charge >= 0.3 is 0 Å². The predicted molar refractivity (Wildman–Crippen MR) is 83.7 cm³/mol. The smallest absolute Gasteiger partial charge is 0.222 e. The number of likely N-dealkylation sites (N-methyl/N-ethyl adjacent to an activating group) is 1. The van der Waals surface area contributed by atoms with Gasteiger partial charge in [-0.15, -0.1) is 0 Å². The van der Waals surface area contributed by atoms with E-state index < -0.39 is 0 Å². The molecule has 1 heterocycles. The van der Waals surface area contributed by atoms with Crippen LogP contribution in [-0.4, -0.2) is 80.5 Å². The number of nitrogens with zero attached hydrogens (tertiary/aromatic N) is 3. The van der Waals surface area contributed by atoms with Crippen molar-refractivity contribution < 1.29 is 4.79 Å². The van der Waals surface area contributed by atoms with Gasteiger partial charge in [-0.1, -0.05) is 12.8 Å². The van der Waals surface area contributed by atoms with E-state index in [0.717, 1.165) is 71.5 Å². The summed E-state index contributed by atoms with van der Waals surface area (Å²) in [7, 11) is 4.20. The fourth-order valence-corrected chi connectivity index (χ4v) is 2.49. The van der Waals surface area contributed by atoms with Crippen LogP contribution in [0, 0.1) is 0 Å². The lowest BCUT2D eigenvalue weighted by molar-refractivity contribution is -0.133. The summed E-state index contributed by atoms with van der Waals surface area (Å²) >= 11 is 0. The summed E-state index contributed by atoms with van der Waals surface area (Å²) in [5, 5.41) is 0. The average Bonchev–Trinajstić information content (AvgIpc) is 2.45. The van der Waals surface area contributed by atoms with Crippen molar-refractivity contribution in [2.75, 3.05) is 59.9 Å². The Kier molecular flexibility index (Phi) is 8.82. The van der Waals surface area contributed by atoms with Gasteiger partial charge in [-0.3, -0.25) is 9.69 Å². The predicted octanol–water partition coefficient (Wildman–Crippen LogP) is 0.601. The minimum Gasteiger partial charge on any atom is -0.340 e. The number of hydrogen-bond donors (Lipinski definition) is 1. The van der Waals surface area contributed by atoms with Crippen LogP contribution < -0.4 is 5.73 Å². The molecule has 1 saturated heterocycles. The number of piperazine rings is 1. The highest BCUT2D eigenvalue weighted by Gasteiger charge is 2.20. The molecule has 0 atom stereocenters. The third kappa shape index (κ3) is 7.22. The van der Waals surface area contributed by atoms with Crippen LogP contribution in [0.3, 0.4) is 0 Å². The molecule has 0 unspecified atom stereocenters. The molecule has 20 heavy (non-hydrogen) atoms. The molecule has 0 aromatic heterocycles. The molecule has 1 fully saturated rings. The van der Waals surface area contributed by atoms with Crippen molar-refractivity contribution in [1.82, 2.24) is 14.7 Å². The molecule has 5 nitrogen and oxygen atoms in total. The molecule has 1 aliphatic heterocycles. The van der Waals surface area contributed by atoms with Gasteiger partial charge in [0.1, 0.15) is 0 Å². The molecule has 2 N–H and O–H groups in total. The van der Waals surface area contributed by atoms with Gasteiger partial charge in [0.25, 0.3) is 0 Å². The van der Waals surface area contributed by atoms with Gasteiger partial charge in [0.15, 0.2) is 0 Å². The molecule has 0 aromatic carbocycles. The number of hydrogen-bond acceptors (Lipinski definition) is 4. The average molecular weight is 284 g/mol. The van der Waals surface area contributed by atoms with Crippen LogP contribution in [0.5, 0.6) is 0 Å². The van der Waals surface area contributed by atoms with Crippen LogP contribution in [0.1, 0.15) is 32.1 Å². The molecule has 1 rings (SSSR count). The van der Waals surface area contributed by atoms with Gasteiger partial charge in [0, 0.05) is 45.7 Å². The van der Waals surface area contributed by atoms with E-state index in [-0.39, 0.29) is 0 Å². The van der Waals surface area contributed by atoms with Crippen LogP contribution in [0.4, 0.5) is 0 Å². The van der Waals surface area contributed by atoms with E-state index in [1.165, 1.54) is 0 Å². The van der Waals surface area contributed by atoms with Crippen LogP contribution in [0.15, 0.2) is 0 Å². The number of amides is 1. The van der Waals surface area contributed by atoms with E-state index in [9.17, 15) is 4.79 Å².